The van der Waals surface area contributed by atoms with Crippen LogP contribution in [0.2, 0.25) is 0 Å². The molecule has 0 saturated heterocycles. The Hall–Kier alpha value is -0.570. The van der Waals surface area contributed by atoms with Crippen molar-refractivity contribution in [3.8, 4) is 0 Å². The molecule has 0 aromatic carbocycles. The SMILES string of the molecule is CNC(=O)[C@@H](CC(C)C)OC. The number of rotatable bonds is 4. The molecule has 0 bridgehead atoms. The zero-order chi connectivity index (χ0) is 8.85. The predicted molar refractivity (Wildman–Crippen MR) is 44.3 cm³/mol. The molecule has 0 rings (SSSR count). The molecule has 3 heteroatoms. The Bertz CT molecular complexity index is 123. The van der Waals surface area contributed by atoms with Gasteiger partial charge in [-0.2, -0.15) is 0 Å². The van der Waals surface area contributed by atoms with Gasteiger partial charge in [0.25, 0.3) is 0 Å². The van der Waals surface area contributed by atoms with Crippen LogP contribution in [0.1, 0.15) is 20.3 Å². The summed E-state index contributed by atoms with van der Waals surface area (Å²) in [6.07, 6.45) is 0.482. The minimum absolute atomic E-state index is 0.0406. The minimum Gasteiger partial charge on any atom is -0.372 e. The van der Waals surface area contributed by atoms with Crippen molar-refractivity contribution >= 4 is 5.91 Å². The van der Waals surface area contributed by atoms with Crippen LogP contribution in [0, 0.1) is 5.92 Å². The van der Waals surface area contributed by atoms with E-state index in [9.17, 15) is 4.79 Å². The van der Waals surface area contributed by atoms with Crippen molar-refractivity contribution in [1.29, 1.82) is 0 Å². The lowest BCUT2D eigenvalue weighted by molar-refractivity contribution is -0.131. The third-order valence-corrected chi connectivity index (χ3v) is 1.51. The summed E-state index contributed by atoms with van der Waals surface area (Å²) in [5, 5.41) is 2.56. The Balaban J connectivity index is 3.84. The van der Waals surface area contributed by atoms with Gasteiger partial charge in [-0.3, -0.25) is 4.79 Å². The minimum atomic E-state index is -0.292. The molecule has 11 heavy (non-hydrogen) atoms. The van der Waals surface area contributed by atoms with Gasteiger partial charge in [0, 0.05) is 14.2 Å². The number of carbonyl (C=O) groups excluding carboxylic acids is 1. The van der Waals surface area contributed by atoms with Crippen molar-refractivity contribution in [3.63, 3.8) is 0 Å². The molecule has 0 spiro atoms. The van der Waals surface area contributed by atoms with Gasteiger partial charge >= 0.3 is 0 Å². The van der Waals surface area contributed by atoms with Crippen LogP contribution < -0.4 is 5.32 Å². The Labute approximate surface area is 68.1 Å². The summed E-state index contributed by atoms with van der Waals surface area (Å²) in [4.78, 5) is 11.0. The Morgan fingerprint density at radius 1 is 1.55 bits per heavy atom. The van der Waals surface area contributed by atoms with Crippen LogP contribution in [0.15, 0.2) is 0 Å². The van der Waals surface area contributed by atoms with Crippen molar-refractivity contribution in [1.82, 2.24) is 5.32 Å². The summed E-state index contributed by atoms with van der Waals surface area (Å²) in [6, 6.07) is 0. The van der Waals surface area contributed by atoms with E-state index < -0.39 is 0 Å². The molecule has 1 atom stereocenters. The van der Waals surface area contributed by atoms with Crippen molar-refractivity contribution in [3.05, 3.63) is 0 Å². The van der Waals surface area contributed by atoms with Crippen LogP contribution in [-0.4, -0.2) is 26.2 Å². The van der Waals surface area contributed by atoms with Crippen LogP contribution in [0.25, 0.3) is 0 Å². The zero-order valence-electron chi connectivity index (χ0n) is 7.68. The number of carbonyl (C=O) groups is 1. The molecular formula is C8H17NO2. The highest BCUT2D eigenvalue weighted by Gasteiger charge is 2.16. The summed E-state index contributed by atoms with van der Waals surface area (Å²) in [6.45, 7) is 4.13. The van der Waals surface area contributed by atoms with E-state index in [1.165, 1.54) is 0 Å². The van der Waals surface area contributed by atoms with E-state index in [1.54, 1.807) is 14.2 Å². The van der Waals surface area contributed by atoms with Crippen molar-refractivity contribution in [2.75, 3.05) is 14.2 Å². The number of methoxy groups -OCH3 is 1. The molecule has 0 radical (unpaired) electrons. The van der Waals surface area contributed by atoms with Crippen molar-refractivity contribution in [2.24, 2.45) is 5.92 Å². The van der Waals surface area contributed by atoms with Crippen LogP contribution in [0.4, 0.5) is 0 Å². The van der Waals surface area contributed by atoms with E-state index in [2.05, 4.69) is 19.2 Å². The second-order valence-electron chi connectivity index (χ2n) is 2.97. The first kappa shape index (κ1) is 10.4. The van der Waals surface area contributed by atoms with E-state index in [-0.39, 0.29) is 12.0 Å². The molecule has 0 heterocycles. The largest absolute Gasteiger partial charge is 0.372 e. The maximum Gasteiger partial charge on any atom is 0.248 e. The fourth-order valence-electron chi connectivity index (χ4n) is 0.899. The average Bonchev–Trinajstić information content (AvgIpc) is 1.98. The van der Waals surface area contributed by atoms with Gasteiger partial charge in [0.1, 0.15) is 6.10 Å². The monoisotopic (exact) mass is 159 g/mol. The Morgan fingerprint density at radius 2 is 2.09 bits per heavy atom. The standard InChI is InChI=1S/C8H17NO2/c1-6(2)5-7(11-4)8(10)9-3/h6-7H,5H2,1-4H3,(H,9,10)/t7-/m1/s1. The molecule has 0 unspecified atom stereocenters. The number of amides is 1. The lowest BCUT2D eigenvalue weighted by Crippen LogP contribution is -2.34. The van der Waals surface area contributed by atoms with Gasteiger partial charge in [0.05, 0.1) is 0 Å². The van der Waals surface area contributed by atoms with Gasteiger partial charge in [0.15, 0.2) is 0 Å². The third kappa shape index (κ3) is 3.98. The molecule has 0 saturated carbocycles. The maximum atomic E-state index is 11.0. The van der Waals surface area contributed by atoms with Crippen LogP contribution >= 0.6 is 0 Å². The lowest BCUT2D eigenvalue weighted by atomic mass is 10.1. The molecule has 0 aromatic rings. The summed E-state index contributed by atoms with van der Waals surface area (Å²) < 4.78 is 5.00. The number of nitrogens with one attached hydrogen (secondary N) is 1. The summed E-state index contributed by atoms with van der Waals surface area (Å²) in [5.74, 6) is 0.443. The zero-order valence-corrected chi connectivity index (χ0v) is 7.68. The predicted octanol–water partition coefficient (Wildman–Crippen LogP) is 0.793. The van der Waals surface area contributed by atoms with Gasteiger partial charge < -0.3 is 10.1 Å². The first-order valence-corrected chi connectivity index (χ1v) is 3.86. The van der Waals surface area contributed by atoms with Gasteiger partial charge in [-0.25, -0.2) is 0 Å². The highest BCUT2D eigenvalue weighted by Crippen LogP contribution is 2.06. The number of ether oxygens (including phenoxy) is 1. The van der Waals surface area contributed by atoms with E-state index in [1.807, 2.05) is 0 Å². The molecule has 1 N–H and O–H groups in total. The maximum absolute atomic E-state index is 11.0. The highest BCUT2D eigenvalue weighted by atomic mass is 16.5. The van der Waals surface area contributed by atoms with Gasteiger partial charge in [-0.05, 0) is 12.3 Å². The van der Waals surface area contributed by atoms with E-state index in [4.69, 9.17) is 4.74 Å². The molecule has 0 aliphatic rings. The van der Waals surface area contributed by atoms with E-state index in [0.29, 0.717) is 5.92 Å². The third-order valence-electron chi connectivity index (χ3n) is 1.51. The van der Waals surface area contributed by atoms with E-state index in [0.717, 1.165) is 6.42 Å². The highest BCUT2D eigenvalue weighted by molar-refractivity contribution is 5.80. The summed E-state index contributed by atoms with van der Waals surface area (Å²) >= 11 is 0. The number of hydrogen-bond acceptors (Lipinski definition) is 2. The number of hydrogen-bond donors (Lipinski definition) is 1. The molecule has 0 aliphatic heterocycles. The Morgan fingerprint density at radius 3 is 2.36 bits per heavy atom. The molecule has 0 aromatic heterocycles. The average molecular weight is 159 g/mol. The van der Waals surface area contributed by atoms with Gasteiger partial charge in [0.2, 0.25) is 5.91 Å². The van der Waals surface area contributed by atoms with Crippen molar-refractivity contribution < 1.29 is 9.53 Å². The van der Waals surface area contributed by atoms with E-state index >= 15 is 0 Å². The quantitative estimate of drug-likeness (QED) is 0.658. The second kappa shape index (κ2) is 5.13. The van der Waals surface area contributed by atoms with Crippen molar-refractivity contribution in [2.45, 2.75) is 26.4 Å². The Kier molecular flexibility index (Phi) is 4.86. The smallest absolute Gasteiger partial charge is 0.248 e. The van der Waals surface area contributed by atoms with Crippen LogP contribution in [0.5, 0.6) is 0 Å². The van der Waals surface area contributed by atoms with Gasteiger partial charge in [-0.1, -0.05) is 13.8 Å². The first-order chi connectivity index (χ1) is 5.11. The normalized spacial score (nSPS) is 13.2. The van der Waals surface area contributed by atoms with Crippen LogP contribution in [-0.2, 0) is 9.53 Å². The summed E-state index contributed by atoms with van der Waals surface area (Å²) in [7, 11) is 3.18. The fraction of sp³-hybridized carbons (Fsp3) is 0.875. The molecule has 0 aliphatic carbocycles. The van der Waals surface area contributed by atoms with Crippen LogP contribution in [0.3, 0.4) is 0 Å². The molecule has 0 fully saturated rings. The fourth-order valence-corrected chi connectivity index (χ4v) is 0.899. The first-order valence-electron chi connectivity index (χ1n) is 3.86. The molecular weight excluding hydrogens is 142 g/mol. The van der Waals surface area contributed by atoms with Gasteiger partial charge in [-0.15, -0.1) is 0 Å². The molecule has 3 nitrogen and oxygen atoms in total. The number of likely N-dealkylation sites (N-methyl/N-ethyl adjacent to an activating group) is 1. The topological polar surface area (TPSA) is 38.3 Å². The second-order valence-corrected chi connectivity index (χ2v) is 2.97. The molecule has 66 valence electrons. The summed E-state index contributed by atoms with van der Waals surface area (Å²) in [5.41, 5.74) is 0. The molecule has 1 amide bonds. The lowest BCUT2D eigenvalue weighted by Gasteiger charge is -2.15.